The summed E-state index contributed by atoms with van der Waals surface area (Å²) >= 11 is 1.68. The van der Waals surface area contributed by atoms with Gasteiger partial charge >= 0.3 is 0 Å². The number of nitrogens with one attached hydrogen (secondary N) is 1. The zero-order valence-corrected chi connectivity index (χ0v) is 16.1. The molecule has 1 aromatic heterocycles. The fourth-order valence-electron chi connectivity index (χ4n) is 4.47. The zero-order chi connectivity index (χ0) is 18.3. The predicted octanol–water partition coefficient (Wildman–Crippen LogP) is 3.30. The quantitative estimate of drug-likeness (QED) is 0.879. The van der Waals surface area contributed by atoms with Crippen LogP contribution in [0.3, 0.4) is 0 Å². The van der Waals surface area contributed by atoms with Gasteiger partial charge in [-0.1, -0.05) is 0 Å². The van der Waals surface area contributed by atoms with E-state index in [1.54, 1.807) is 11.3 Å². The van der Waals surface area contributed by atoms with Crippen molar-refractivity contribution in [1.82, 2.24) is 10.2 Å². The maximum absolute atomic E-state index is 13.5. The van der Waals surface area contributed by atoms with Gasteiger partial charge in [-0.15, -0.1) is 0 Å². The molecule has 0 radical (unpaired) electrons. The zero-order valence-electron chi connectivity index (χ0n) is 15.3. The second-order valence-corrected chi connectivity index (χ2v) is 8.54. The van der Waals surface area contributed by atoms with E-state index in [9.17, 15) is 4.79 Å². The van der Waals surface area contributed by atoms with Gasteiger partial charge in [-0.25, -0.2) is 0 Å². The highest BCUT2D eigenvalue weighted by molar-refractivity contribution is 7.07. The maximum atomic E-state index is 13.5. The Kier molecular flexibility index (Phi) is 4.32. The Balaban J connectivity index is 1.42. The van der Waals surface area contributed by atoms with Crippen molar-refractivity contribution in [1.29, 1.82) is 0 Å². The van der Waals surface area contributed by atoms with Gasteiger partial charge in [-0.2, -0.15) is 11.3 Å². The summed E-state index contributed by atoms with van der Waals surface area (Å²) in [6, 6.07) is 8.02. The average molecular weight is 385 g/mol. The summed E-state index contributed by atoms with van der Waals surface area (Å²) in [4.78, 5) is 15.6. The molecule has 142 valence electrons. The summed E-state index contributed by atoms with van der Waals surface area (Å²) in [6.45, 7) is 3.88. The number of hydrogen-bond donors (Lipinski definition) is 1. The summed E-state index contributed by atoms with van der Waals surface area (Å²) < 4.78 is 11.3. The third kappa shape index (κ3) is 3.21. The summed E-state index contributed by atoms with van der Waals surface area (Å²) in [5.74, 6) is 1.50. The Bertz CT molecular complexity index is 830. The van der Waals surface area contributed by atoms with E-state index in [0.29, 0.717) is 42.5 Å². The minimum atomic E-state index is 0.0959. The first-order valence-electron chi connectivity index (χ1n) is 9.68. The Morgan fingerprint density at radius 3 is 2.78 bits per heavy atom. The largest absolute Gasteiger partial charge is 0.486 e. The van der Waals surface area contributed by atoms with Crippen LogP contribution in [0, 0.1) is 5.41 Å². The number of carbonyl (C=O) groups is 1. The van der Waals surface area contributed by atoms with Gasteiger partial charge in [0.1, 0.15) is 13.2 Å². The van der Waals surface area contributed by atoms with Crippen LogP contribution in [0.2, 0.25) is 0 Å². The number of ether oxygens (including phenoxy) is 2. The normalized spacial score (nSPS) is 22.4. The van der Waals surface area contributed by atoms with Crippen LogP contribution in [0.4, 0.5) is 0 Å². The molecule has 1 spiro atoms. The number of nitrogens with zero attached hydrogens (tertiary/aromatic N) is 1. The summed E-state index contributed by atoms with van der Waals surface area (Å²) in [7, 11) is 0. The van der Waals surface area contributed by atoms with Crippen molar-refractivity contribution >= 4 is 17.2 Å². The Labute approximate surface area is 163 Å². The van der Waals surface area contributed by atoms with Crippen LogP contribution in [-0.2, 0) is 6.54 Å². The number of benzene rings is 1. The molecule has 2 aliphatic heterocycles. The number of carbonyl (C=O) groups excluding carboxylic acids is 1. The van der Waals surface area contributed by atoms with E-state index in [4.69, 9.17) is 9.47 Å². The van der Waals surface area contributed by atoms with Gasteiger partial charge in [-0.05, 0) is 78.4 Å². The van der Waals surface area contributed by atoms with Crippen LogP contribution >= 0.6 is 11.3 Å². The maximum Gasteiger partial charge on any atom is 0.254 e. The highest BCUT2D eigenvalue weighted by atomic mass is 32.1. The van der Waals surface area contributed by atoms with Crippen molar-refractivity contribution in [2.24, 2.45) is 5.41 Å². The average Bonchev–Trinajstić information content (AvgIpc) is 3.14. The molecule has 1 atom stereocenters. The molecule has 1 unspecified atom stereocenters. The van der Waals surface area contributed by atoms with Crippen molar-refractivity contribution in [3.05, 3.63) is 46.2 Å². The molecule has 2 fully saturated rings. The molecule has 5 rings (SSSR count). The number of rotatable bonds is 4. The topological polar surface area (TPSA) is 50.8 Å². The SMILES string of the molecule is O=C(c1ccc2c(c1)OCCO2)N(Cc1ccsc1)C1CC12CCNCC2. The van der Waals surface area contributed by atoms with Gasteiger partial charge in [0.2, 0.25) is 0 Å². The van der Waals surface area contributed by atoms with Gasteiger partial charge in [0, 0.05) is 18.2 Å². The Morgan fingerprint density at radius 1 is 1.19 bits per heavy atom. The third-order valence-electron chi connectivity index (χ3n) is 6.11. The lowest BCUT2D eigenvalue weighted by atomic mass is 9.93. The number of fused-ring (bicyclic) bond motifs is 1. The van der Waals surface area contributed by atoms with Crippen LogP contribution in [0.5, 0.6) is 11.5 Å². The van der Waals surface area contributed by atoms with Crippen molar-refractivity contribution < 1.29 is 14.3 Å². The highest BCUT2D eigenvalue weighted by Crippen LogP contribution is 2.56. The lowest BCUT2D eigenvalue weighted by Gasteiger charge is -2.30. The van der Waals surface area contributed by atoms with Crippen molar-refractivity contribution in [2.75, 3.05) is 26.3 Å². The van der Waals surface area contributed by atoms with E-state index in [1.165, 1.54) is 5.56 Å². The van der Waals surface area contributed by atoms with Crippen molar-refractivity contribution in [3.63, 3.8) is 0 Å². The molecule has 1 aliphatic carbocycles. The third-order valence-corrected chi connectivity index (χ3v) is 6.84. The van der Waals surface area contributed by atoms with E-state index in [0.717, 1.165) is 38.1 Å². The molecule has 1 aromatic carbocycles. The smallest absolute Gasteiger partial charge is 0.254 e. The summed E-state index contributed by atoms with van der Waals surface area (Å²) in [5, 5.41) is 7.67. The minimum Gasteiger partial charge on any atom is -0.486 e. The van der Waals surface area contributed by atoms with E-state index >= 15 is 0 Å². The van der Waals surface area contributed by atoms with Crippen LogP contribution in [-0.4, -0.2) is 43.2 Å². The van der Waals surface area contributed by atoms with Gasteiger partial charge in [-0.3, -0.25) is 4.79 Å². The van der Waals surface area contributed by atoms with Crippen molar-refractivity contribution in [2.45, 2.75) is 31.8 Å². The van der Waals surface area contributed by atoms with Gasteiger partial charge in [0.25, 0.3) is 5.91 Å². The first-order valence-corrected chi connectivity index (χ1v) is 10.6. The molecule has 1 N–H and O–H groups in total. The molecule has 1 saturated heterocycles. The molecule has 0 bridgehead atoms. The molecule has 3 aliphatic rings. The fourth-order valence-corrected chi connectivity index (χ4v) is 5.13. The molecule has 6 heteroatoms. The minimum absolute atomic E-state index is 0.0959. The molecule has 2 aromatic rings. The van der Waals surface area contributed by atoms with Gasteiger partial charge in [0.05, 0.1) is 0 Å². The summed E-state index contributed by atoms with van der Waals surface area (Å²) in [5.41, 5.74) is 2.21. The molecule has 27 heavy (non-hydrogen) atoms. The molecule has 1 amide bonds. The second-order valence-electron chi connectivity index (χ2n) is 7.76. The molecule has 3 heterocycles. The Morgan fingerprint density at radius 2 is 2.00 bits per heavy atom. The van der Waals surface area contributed by atoms with E-state index in [2.05, 4.69) is 27.0 Å². The lowest BCUT2D eigenvalue weighted by molar-refractivity contribution is 0.0691. The van der Waals surface area contributed by atoms with Crippen LogP contribution in [0.1, 0.15) is 35.2 Å². The van der Waals surface area contributed by atoms with Crippen LogP contribution in [0.25, 0.3) is 0 Å². The second kappa shape index (κ2) is 6.84. The van der Waals surface area contributed by atoms with E-state index in [1.807, 2.05) is 18.2 Å². The number of hydrogen-bond acceptors (Lipinski definition) is 5. The molecule has 1 saturated carbocycles. The number of piperidine rings is 1. The standard InChI is InChI=1S/C21H24N2O3S/c24-20(16-1-2-17-18(11-16)26-9-8-25-17)23(13-15-3-10-27-14-15)19-12-21(19)4-6-22-7-5-21/h1-3,10-11,14,19,22H,4-9,12-13H2. The highest BCUT2D eigenvalue weighted by Gasteiger charge is 2.57. The van der Waals surface area contributed by atoms with Crippen molar-refractivity contribution in [3.8, 4) is 11.5 Å². The first kappa shape index (κ1) is 17.1. The number of amides is 1. The van der Waals surface area contributed by atoms with E-state index < -0.39 is 0 Å². The first-order chi connectivity index (χ1) is 13.3. The lowest BCUT2D eigenvalue weighted by Crippen LogP contribution is -2.39. The Hall–Kier alpha value is -2.05. The monoisotopic (exact) mass is 384 g/mol. The molecule has 5 nitrogen and oxygen atoms in total. The van der Waals surface area contributed by atoms with Crippen LogP contribution in [0.15, 0.2) is 35.0 Å². The molecular weight excluding hydrogens is 360 g/mol. The van der Waals surface area contributed by atoms with Gasteiger partial charge in [0.15, 0.2) is 11.5 Å². The van der Waals surface area contributed by atoms with E-state index in [-0.39, 0.29) is 5.91 Å². The number of thiophene rings is 1. The van der Waals surface area contributed by atoms with Crippen LogP contribution < -0.4 is 14.8 Å². The predicted molar refractivity (Wildman–Crippen MR) is 105 cm³/mol. The fraction of sp³-hybridized carbons (Fsp3) is 0.476. The van der Waals surface area contributed by atoms with Gasteiger partial charge < -0.3 is 19.7 Å². The molecular formula is C21H24N2O3S. The summed E-state index contributed by atoms with van der Waals surface area (Å²) in [6.07, 6.45) is 3.44.